The van der Waals surface area contributed by atoms with Gasteiger partial charge >= 0.3 is 5.97 Å². The standard InChI is InChI=1S/C28H37N3O4/c1-4-12-31(13-5-14-32)28(34)24-16-23-11-10-22(17-25(23)30-26(29)18-24)21-8-6-20(7-9-21)15-27(33)35-19(2)3/h6-9,11,16-17,19,22,32H,4-5,10,12-15,18H2,1-3H3,(H2,29,30). The van der Waals surface area contributed by atoms with Crippen LogP contribution < -0.4 is 5.73 Å². The molecule has 1 aliphatic carbocycles. The molecule has 7 heteroatoms. The average Bonchev–Trinajstić information content (AvgIpc) is 2.98. The quantitative estimate of drug-likeness (QED) is 0.497. The van der Waals surface area contributed by atoms with E-state index in [0.29, 0.717) is 37.3 Å². The van der Waals surface area contributed by atoms with Gasteiger partial charge in [0.2, 0.25) is 5.91 Å². The summed E-state index contributed by atoms with van der Waals surface area (Å²) in [5, 5.41) is 9.19. The van der Waals surface area contributed by atoms with Gasteiger partial charge in [-0.2, -0.15) is 0 Å². The summed E-state index contributed by atoms with van der Waals surface area (Å²) in [5.74, 6) is 0.273. The van der Waals surface area contributed by atoms with E-state index < -0.39 is 0 Å². The van der Waals surface area contributed by atoms with Crippen LogP contribution in [0.25, 0.3) is 0 Å². The van der Waals surface area contributed by atoms with E-state index in [2.05, 4.69) is 17.1 Å². The summed E-state index contributed by atoms with van der Waals surface area (Å²) < 4.78 is 5.23. The Balaban J connectivity index is 1.75. The first-order valence-electron chi connectivity index (χ1n) is 12.4. The molecule has 35 heavy (non-hydrogen) atoms. The third kappa shape index (κ3) is 7.39. The molecule has 1 atom stereocenters. The second kappa shape index (κ2) is 12.5. The molecule has 3 rings (SSSR count). The summed E-state index contributed by atoms with van der Waals surface area (Å²) in [7, 11) is 0. The highest BCUT2D eigenvalue weighted by Gasteiger charge is 2.24. The molecular formula is C28H37N3O4. The lowest BCUT2D eigenvalue weighted by Gasteiger charge is -2.23. The van der Waals surface area contributed by atoms with Crippen molar-refractivity contribution in [1.29, 1.82) is 0 Å². The lowest BCUT2D eigenvalue weighted by Crippen LogP contribution is -2.35. The van der Waals surface area contributed by atoms with E-state index >= 15 is 0 Å². The molecule has 0 fully saturated rings. The third-order valence-corrected chi connectivity index (χ3v) is 5.98. The Bertz CT molecular complexity index is 1030. The van der Waals surface area contributed by atoms with Crippen LogP contribution in [0.15, 0.2) is 64.3 Å². The van der Waals surface area contributed by atoms with Crippen molar-refractivity contribution in [3.63, 3.8) is 0 Å². The van der Waals surface area contributed by atoms with E-state index in [9.17, 15) is 14.7 Å². The minimum atomic E-state index is -0.227. The van der Waals surface area contributed by atoms with Crippen LogP contribution in [0.1, 0.15) is 63.5 Å². The van der Waals surface area contributed by atoms with Crippen molar-refractivity contribution >= 4 is 17.7 Å². The Kier molecular flexibility index (Phi) is 9.43. The lowest BCUT2D eigenvalue weighted by atomic mass is 9.87. The average molecular weight is 480 g/mol. The molecule has 0 saturated carbocycles. The number of esters is 1. The highest BCUT2D eigenvalue weighted by Crippen LogP contribution is 2.34. The Hall–Kier alpha value is -3.19. The van der Waals surface area contributed by atoms with E-state index in [1.54, 1.807) is 4.90 Å². The Morgan fingerprint density at radius 3 is 2.63 bits per heavy atom. The second-order valence-corrected chi connectivity index (χ2v) is 9.33. The highest BCUT2D eigenvalue weighted by atomic mass is 16.5. The number of rotatable bonds is 10. The van der Waals surface area contributed by atoms with E-state index in [1.165, 1.54) is 0 Å². The van der Waals surface area contributed by atoms with Crippen LogP contribution in [0.5, 0.6) is 0 Å². The van der Waals surface area contributed by atoms with Gasteiger partial charge < -0.3 is 20.5 Å². The number of benzene rings is 1. The molecule has 1 aliphatic heterocycles. The minimum Gasteiger partial charge on any atom is -0.463 e. The summed E-state index contributed by atoms with van der Waals surface area (Å²) in [6.45, 7) is 6.93. The number of nitrogens with zero attached hydrogens (tertiary/aromatic N) is 2. The number of allylic oxidation sites excluding steroid dienone is 3. The van der Waals surface area contributed by atoms with Gasteiger partial charge in [0.05, 0.1) is 18.2 Å². The molecule has 0 aromatic heterocycles. The molecule has 0 radical (unpaired) electrons. The van der Waals surface area contributed by atoms with Crippen molar-refractivity contribution in [1.82, 2.24) is 4.90 Å². The van der Waals surface area contributed by atoms with Gasteiger partial charge in [0, 0.05) is 37.6 Å². The summed E-state index contributed by atoms with van der Waals surface area (Å²) >= 11 is 0. The van der Waals surface area contributed by atoms with Gasteiger partial charge in [-0.1, -0.05) is 43.3 Å². The Morgan fingerprint density at radius 2 is 1.97 bits per heavy atom. The number of carbonyl (C=O) groups is 2. The summed E-state index contributed by atoms with van der Waals surface area (Å²) in [6, 6.07) is 8.00. The summed E-state index contributed by atoms with van der Waals surface area (Å²) in [6.07, 6.45) is 8.75. The third-order valence-electron chi connectivity index (χ3n) is 5.98. The molecule has 1 amide bonds. The molecule has 2 aliphatic rings. The van der Waals surface area contributed by atoms with Crippen molar-refractivity contribution in [3.05, 3.63) is 70.5 Å². The largest absolute Gasteiger partial charge is 0.463 e. The SMILES string of the molecule is CCCN(CCCO)C(=O)C1=CC2=CCC(c3ccc(CC(=O)OC(C)C)cc3)C=C2N=C(N)C1. The molecule has 1 aromatic rings. The van der Waals surface area contributed by atoms with Gasteiger partial charge in [-0.25, -0.2) is 4.99 Å². The van der Waals surface area contributed by atoms with Gasteiger partial charge in [0.25, 0.3) is 0 Å². The Labute approximate surface area is 208 Å². The fraction of sp³-hybridized carbons (Fsp3) is 0.464. The number of aliphatic imine (C=N–C) groups is 1. The zero-order valence-electron chi connectivity index (χ0n) is 21.0. The molecular weight excluding hydrogens is 442 g/mol. The molecule has 7 nitrogen and oxygen atoms in total. The zero-order chi connectivity index (χ0) is 25.4. The first kappa shape index (κ1) is 26.4. The molecule has 1 heterocycles. The fourth-order valence-electron chi connectivity index (χ4n) is 4.35. The number of ether oxygens (including phenoxy) is 1. The summed E-state index contributed by atoms with van der Waals surface area (Å²) in [4.78, 5) is 31.5. The van der Waals surface area contributed by atoms with E-state index in [1.807, 2.05) is 51.1 Å². The predicted molar refractivity (Wildman–Crippen MR) is 138 cm³/mol. The molecule has 0 bridgehead atoms. The summed E-state index contributed by atoms with van der Waals surface area (Å²) in [5.41, 5.74) is 10.6. The van der Waals surface area contributed by atoms with Crippen molar-refractivity contribution < 1.29 is 19.4 Å². The van der Waals surface area contributed by atoms with Gasteiger partial charge in [-0.05, 0) is 55.9 Å². The number of amides is 1. The lowest BCUT2D eigenvalue weighted by molar-refractivity contribution is -0.146. The number of hydrogen-bond donors (Lipinski definition) is 2. The number of nitrogens with two attached hydrogens (primary N) is 1. The minimum absolute atomic E-state index is 0.0469. The smallest absolute Gasteiger partial charge is 0.310 e. The topological polar surface area (TPSA) is 105 Å². The van der Waals surface area contributed by atoms with Crippen LogP contribution in [0, 0.1) is 0 Å². The normalized spacial score (nSPS) is 17.5. The van der Waals surface area contributed by atoms with Crippen molar-refractivity contribution in [2.75, 3.05) is 19.7 Å². The van der Waals surface area contributed by atoms with Crippen LogP contribution in [0.2, 0.25) is 0 Å². The molecule has 188 valence electrons. The van der Waals surface area contributed by atoms with E-state index in [4.69, 9.17) is 10.5 Å². The molecule has 3 N–H and O–H groups in total. The monoisotopic (exact) mass is 479 g/mol. The molecule has 0 saturated heterocycles. The number of carbonyl (C=O) groups excluding carboxylic acids is 2. The van der Waals surface area contributed by atoms with Crippen molar-refractivity contribution in [2.24, 2.45) is 10.7 Å². The molecule has 1 aromatic carbocycles. The fourth-order valence-corrected chi connectivity index (χ4v) is 4.35. The molecule has 1 unspecified atom stereocenters. The highest BCUT2D eigenvalue weighted by molar-refractivity contribution is 6.01. The van der Waals surface area contributed by atoms with Gasteiger partial charge in [0.1, 0.15) is 5.84 Å². The number of aliphatic hydroxyl groups is 1. The first-order valence-corrected chi connectivity index (χ1v) is 12.4. The van der Waals surface area contributed by atoms with E-state index in [0.717, 1.165) is 35.2 Å². The second-order valence-electron chi connectivity index (χ2n) is 9.33. The van der Waals surface area contributed by atoms with Crippen LogP contribution in [-0.4, -0.2) is 53.5 Å². The van der Waals surface area contributed by atoms with Crippen LogP contribution >= 0.6 is 0 Å². The number of hydrogen-bond acceptors (Lipinski definition) is 6. The zero-order valence-corrected chi connectivity index (χ0v) is 21.0. The van der Waals surface area contributed by atoms with Gasteiger partial charge in [-0.3, -0.25) is 9.59 Å². The van der Waals surface area contributed by atoms with Crippen LogP contribution in [-0.2, 0) is 20.7 Å². The van der Waals surface area contributed by atoms with Crippen molar-refractivity contribution in [3.8, 4) is 0 Å². The maximum absolute atomic E-state index is 13.2. The van der Waals surface area contributed by atoms with Gasteiger partial charge in [-0.15, -0.1) is 0 Å². The maximum Gasteiger partial charge on any atom is 0.310 e. The molecule has 0 spiro atoms. The van der Waals surface area contributed by atoms with Crippen LogP contribution in [0.4, 0.5) is 0 Å². The predicted octanol–water partition coefficient (Wildman–Crippen LogP) is 3.79. The first-order chi connectivity index (χ1) is 16.8. The number of aliphatic hydroxyl groups excluding tert-OH is 1. The number of fused-ring (bicyclic) bond motifs is 1. The maximum atomic E-state index is 13.2. The van der Waals surface area contributed by atoms with Crippen molar-refractivity contribution in [2.45, 2.75) is 64.9 Å². The number of amidine groups is 1. The van der Waals surface area contributed by atoms with Gasteiger partial charge in [0.15, 0.2) is 0 Å². The Morgan fingerprint density at radius 1 is 1.23 bits per heavy atom. The van der Waals surface area contributed by atoms with Crippen LogP contribution in [0.3, 0.4) is 0 Å². The van der Waals surface area contributed by atoms with E-state index in [-0.39, 0.29) is 36.9 Å².